The second-order valence-corrected chi connectivity index (χ2v) is 5.36. The lowest BCUT2D eigenvalue weighted by molar-refractivity contribution is 0.317. The van der Waals surface area contributed by atoms with Crippen molar-refractivity contribution < 1.29 is 4.74 Å². The first-order valence-electron chi connectivity index (χ1n) is 7.42. The number of nitrogens with one attached hydrogen (secondary N) is 1. The Labute approximate surface area is 124 Å². The van der Waals surface area contributed by atoms with Gasteiger partial charge in [-0.15, -0.1) is 5.10 Å². The topological polar surface area (TPSA) is 80.1 Å². The van der Waals surface area contributed by atoms with Crippen LogP contribution >= 0.6 is 0 Å². The quantitative estimate of drug-likeness (QED) is 0.876. The summed E-state index contributed by atoms with van der Waals surface area (Å²) in [7, 11) is 0. The Bertz CT molecular complexity index is 597. The highest BCUT2D eigenvalue weighted by atomic mass is 16.5. The highest BCUT2D eigenvalue weighted by Gasteiger charge is 2.22. The van der Waals surface area contributed by atoms with Crippen LogP contribution in [0.2, 0.25) is 0 Å². The third-order valence-electron chi connectivity index (χ3n) is 3.56. The average Bonchev–Trinajstić information content (AvgIpc) is 3.14. The van der Waals surface area contributed by atoms with Crippen LogP contribution in [0.4, 0.5) is 5.95 Å². The number of anilines is 1. The van der Waals surface area contributed by atoms with Crippen molar-refractivity contribution in [2.75, 3.05) is 24.6 Å². The van der Waals surface area contributed by atoms with Gasteiger partial charge in [0.1, 0.15) is 5.75 Å². The lowest BCUT2D eigenvalue weighted by Gasteiger charge is -2.11. The fourth-order valence-corrected chi connectivity index (χ4v) is 2.45. The molecular weight excluding hydrogens is 266 g/mol. The highest BCUT2D eigenvalue weighted by Crippen LogP contribution is 2.23. The van der Waals surface area contributed by atoms with Gasteiger partial charge in [-0.3, -0.25) is 5.10 Å². The molecule has 0 aliphatic carbocycles. The smallest absolute Gasteiger partial charge is 0.245 e. The molecule has 21 heavy (non-hydrogen) atoms. The number of rotatable bonds is 5. The van der Waals surface area contributed by atoms with Crippen LogP contribution in [0.3, 0.4) is 0 Å². The number of ether oxygens (including phenoxy) is 1. The number of aromatic amines is 1. The molecule has 6 nitrogen and oxygen atoms in total. The van der Waals surface area contributed by atoms with Gasteiger partial charge in [-0.1, -0.05) is 19.1 Å². The van der Waals surface area contributed by atoms with Crippen LogP contribution in [-0.4, -0.2) is 40.9 Å². The van der Waals surface area contributed by atoms with Crippen LogP contribution in [0.1, 0.15) is 19.8 Å². The summed E-state index contributed by atoms with van der Waals surface area (Å²) in [5, 5.41) is 7.29. The number of H-pyrrole nitrogens is 1. The van der Waals surface area contributed by atoms with E-state index in [1.165, 1.54) is 0 Å². The van der Waals surface area contributed by atoms with Crippen LogP contribution in [0.25, 0.3) is 11.4 Å². The fourth-order valence-electron chi connectivity index (χ4n) is 2.45. The molecule has 3 rings (SSSR count). The van der Waals surface area contributed by atoms with Crippen molar-refractivity contribution in [2.45, 2.75) is 25.8 Å². The van der Waals surface area contributed by atoms with E-state index in [-0.39, 0.29) is 6.04 Å². The van der Waals surface area contributed by atoms with Crippen LogP contribution in [-0.2, 0) is 0 Å². The second kappa shape index (κ2) is 6.13. The van der Waals surface area contributed by atoms with E-state index in [1.807, 2.05) is 24.3 Å². The van der Waals surface area contributed by atoms with Gasteiger partial charge in [-0.2, -0.15) is 4.98 Å². The summed E-state index contributed by atoms with van der Waals surface area (Å²) in [4.78, 5) is 6.68. The molecule has 0 radical (unpaired) electrons. The summed E-state index contributed by atoms with van der Waals surface area (Å²) < 4.78 is 5.65. The zero-order valence-electron chi connectivity index (χ0n) is 12.2. The maximum atomic E-state index is 5.92. The molecule has 2 aromatic rings. The molecule has 112 valence electrons. The molecule has 0 spiro atoms. The van der Waals surface area contributed by atoms with Crippen LogP contribution in [0.15, 0.2) is 24.3 Å². The first kappa shape index (κ1) is 13.9. The van der Waals surface area contributed by atoms with Gasteiger partial charge in [0, 0.05) is 24.7 Å². The third kappa shape index (κ3) is 3.16. The molecule has 1 saturated heterocycles. The Balaban J connectivity index is 1.76. The molecule has 0 bridgehead atoms. The lowest BCUT2D eigenvalue weighted by atomic mass is 10.2. The van der Waals surface area contributed by atoms with Gasteiger partial charge in [0.25, 0.3) is 0 Å². The first-order valence-corrected chi connectivity index (χ1v) is 7.42. The maximum Gasteiger partial charge on any atom is 0.245 e. The van der Waals surface area contributed by atoms with E-state index < -0.39 is 0 Å². The summed E-state index contributed by atoms with van der Waals surface area (Å²) in [5.41, 5.74) is 6.90. The Kier molecular flexibility index (Phi) is 4.06. The normalized spacial score (nSPS) is 18.2. The Morgan fingerprint density at radius 1 is 1.48 bits per heavy atom. The molecule has 0 amide bonds. The Hall–Kier alpha value is -2.08. The van der Waals surface area contributed by atoms with Crippen molar-refractivity contribution in [3.8, 4) is 17.1 Å². The number of hydrogen-bond acceptors (Lipinski definition) is 5. The molecule has 1 aliphatic heterocycles. The van der Waals surface area contributed by atoms with Crippen molar-refractivity contribution in [1.29, 1.82) is 0 Å². The van der Waals surface area contributed by atoms with Gasteiger partial charge in [0.05, 0.1) is 6.61 Å². The predicted molar refractivity (Wildman–Crippen MR) is 82.4 cm³/mol. The largest absolute Gasteiger partial charge is 0.494 e. The van der Waals surface area contributed by atoms with E-state index in [9.17, 15) is 0 Å². The summed E-state index contributed by atoms with van der Waals surface area (Å²) in [6, 6.07) is 8.12. The van der Waals surface area contributed by atoms with Crippen LogP contribution in [0, 0.1) is 0 Å². The Morgan fingerprint density at radius 2 is 2.38 bits per heavy atom. The van der Waals surface area contributed by atoms with Gasteiger partial charge in [0.2, 0.25) is 5.95 Å². The van der Waals surface area contributed by atoms with Gasteiger partial charge < -0.3 is 15.4 Å². The molecule has 6 heteroatoms. The molecule has 3 N–H and O–H groups in total. The molecule has 1 aromatic heterocycles. The third-order valence-corrected chi connectivity index (χ3v) is 3.56. The molecule has 1 atom stereocenters. The zero-order valence-corrected chi connectivity index (χ0v) is 12.2. The summed E-state index contributed by atoms with van der Waals surface area (Å²) >= 11 is 0. The van der Waals surface area contributed by atoms with Gasteiger partial charge in [-0.05, 0) is 25.0 Å². The van der Waals surface area contributed by atoms with Gasteiger partial charge in [0.15, 0.2) is 5.82 Å². The molecule has 1 fully saturated rings. The molecule has 2 heterocycles. The summed E-state index contributed by atoms with van der Waals surface area (Å²) in [5.74, 6) is 2.33. The van der Waals surface area contributed by atoms with E-state index in [1.54, 1.807) is 0 Å². The minimum Gasteiger partial charge on any atom is -0.494 e. The average molecular weight is 287 g/mol. The molecule has 0 saturated carbocycles. The maximum absolute atomic E-state index is 5.92. The number of benzene rings is 1. The lowest BCUT2D eigenvalue weighted by Crippen LogP contribution is -2.26. The summed E-state index contributed by atoms with van der Waals surface area (Å²) in [6.45, 7) is 4.54. The minimum atomic E-state index is 0.220. The number of aromatic nitrogens is 3. The van der Waals surface area contributed by atoms with Gasteiger partial charge in [-0.25, -0.2) is 0 Å². The van der Waals surface area contributed by atoms with E-state index in [0.29, 0.717) is 0 Å². The van der Waals surface area contributed by atoms with E-state index in [0.717, 1.165) is 55.6 Å². The van der Waals surface area contributed by atoms with Crippen molar-refractivity contribution in [3.05, 3.63) is 24.3 Å². The highest BCUT2D eigenvalue weighted by molar-refractivity contribution is 5.58. The molecule has 1 aromatic carbocycles. The van der Waals surface area contributed by atoms with Crippen molar-refractivity contribution in [2.24, 2.45) is 5.73 Å². The second-order valence-electron chi connectivity index (χ2n) is 5.36. The molecular formula is C15H21N5O. The van der Waals surface area contributed by atoms with Gasteiger partial charge >= 0.3 is 0 Å². The number of nitrogens with two attached hydrogens (primary N) is 1. The van der Waals surface area contributed by atoms with Crippen LogP contribution in [0.5, 0.6) is 5.75 Å². The fraction of sp³-hybridized carbons (Fsp3) is 0.467. The predicted octanol–water partition coefficient (Wildman–Crippen LogP) is 1.80. The molecule has 1 unspecified atom stereocenters. The monoisotopic (exact) mass is 287 g/mol. The van der Waals surface area contributed by atoms with Crippen molar-refractivity contribution in [1.82, 2.24) is 15.2 Å². The first-order chi connectivity index (χ1) is 10.3. The van der Waals surface area contributed by atoms with Crippen molar-refractivity contribution >= 4 is 5.95 Å². The standard InChI is InChI=1S/C15H21N5O/c1-2-8-21-13-5-3-4-11(9-13)14-17-15(19-18-14)20-7-6-12(16)10-20/h3-5,9,12H,2,6-8,10,16H2,1H3,(H,17,18,19). The zero-order chi connectivity index (χ0) is 14.7. The number of nitrogens with zero attached hydrogens (tertiary/aromatic N) is 3. The molecule has 1 aliphatic rings. The summed E-state index contributed by atoms with van der Waals surface area (Å²) in [6.07, 6.45) is 1.98. The Morgan fingerprint density at radius 3 is 3.14 bits per heavy atom. The van der Waals surface area contributed by atoms with E-state index in [4.69, 9.17) is 10.5 Å². The SMILES string of the molecule is CCCOc1cccc(-c2nc(N3CCC(N)C3)n[nH]2)c1. The number of hydrogen-bond donors (Lipinski definition) is 2. The van der Waals surface area contributed by atoms with Crippen LogP contribution < -0.4 is 15.4 Å². The minimum absolute atomic E-state index is 0.220. The van der Waals surface area contributed by atoms with Crippen molar-refractivity contribution in [3.63, 3.8) is 0 Å². The van der Waals surface area contributed by atoms with E-state index in [2.05, 4.69) is 27.0 Å². The van der Waals surface area contributed by atoms with E-state index >= 15 is 0 Å².